The maximum absolute atomic E-state index is 10.7. The summed E-state index contributed by atoms with van der Waals surface area (Å²) < 4.78 is 4.89. The number of aromatic hydroxyl groups is 1. The van der Waals surface area contributed by atoms with Gasteiger partial charge >= 0.3 is 5.97 Å². The van der Waals surface area contributed by atoms with E-state index in [1.165, 1.54) is 19.2 Å². The number of carbonyl (C=O) groups is 1. The first-order valence-electron chi connectivity index (χ1n) is 4.39. The van der Waals surface area contributed by atoms with Crippen molar-refractivity contribution >= 4 is 17.0 Å². The van der Waals surface area contributed by atoms with E-state index in [1.807, 2.05) is 0 Å². The Balaban J connectivity index is 2.71. The van der Waals surface area contributed by atoms with Crippen molar-refractivity contribution in [2.45, 2.75) is 0 Å². The van der Waals surface area contributed by atoms with Crippen LogP contribution >= 0.6 is 0 Å². The zero-order valence-electron chi connectivity index (χ0n) is 8.34. The van der Waals surface area contributed by atoms with Crippen molar-refractivity contribution in [1.82, 2.24) is 9.97 Å². The molecule has 0 atom stereocenters. The molecule has 2 aromatic rings. The third kappa shape index (κ3) is 1.50. The van der Waals surface area contributed by atoms with Crippen molar-refractivity contribution in [2.75, 3.05) is 7.11 Å². The molecule has 0 aliphatic heterocycles. The number of hydrogen-bond acceptors (Lipinski definition) is 5. The smallest absolute Gasteiger partial charge is 0.341 e. The number of fused-ring (bicyclic) bond motifs is 1. The first-order chi connectivity index (χ1) is 7.63. The van der Waals surface area contributed by atoms with Crippen LogP contribution in [0.2, 0.25) is 0 Å². The molecule has 0 aliphatic carbocycles. The average Bonchev–Trinajstić information content (AvgIpc) is 2.28. The third-order valence-electron chi connectivity index (χ3n) is 2.12. The van der Waals surface area contributed by atoms with Gasteiger partial charge in [0.1, 0.15) is 11.3 Å². The van der Waals surface area contributed by atoms with E-state index in [2.05, 4.69) is 9.97 Å². The molecule has 2 aromatic heterocycles. The second kappa shape index (κ2) is 3.65. The van der Waals surface area contributed by atoms with Gasteiger partial charge in [-0.15, -0.1) is 0 Å². The molecule has 2 rings (SSSR count). The van der Waals surface area contributed by atoms with E-state index < -0.39 is 5.97 Å². The van der Waals surface area contributed by atoms with Gasteiger partial charge in [-0.05, 0) is 6.07 Å². The maximum atomic E-state index is 10.7. The largest absolute Gasteiger partial charge is 0.506 e. The summed E-state index contributed by atoms with van der Waals surface area (Å²) >= 11 is 0. The van der Waals surface area contributed by atoms with Gasteiger partial charge in [-0.3, -0.25) is 0 Å². The number of pyridine rings is 2. The standard InChI is InChI=1S/C10H8N2O4/c1-16-7-3-2-5-8(13)6(10(14)15)4-11-9(5)12-7/h2-4H,1H3,(H,14,15)(H,11,12,13). The molecule has 0 saturated heterocycles. The van der Waals surface area contributed by atoms with Crippen LogP contribution in [0.1, 0.15) is 10.4 Å². The quantitative estimate of drug-likeness (QED) is 0.785. The number of hydrogen-bond donors (Lipinski definition) is 2. The summed E-state index contributed by atoms with van der Waals surface area (Å²) in [5, 5.41) is 18.7. The summed E-state index contributed by atoms with van der Waals surface area (Å²) in [5.74, 6) is -1.22. The topological polar surface area (TPSA) is 92.5 Å². The lowest BCUT2D eigenvalue weighted by Gasteiger charge is -2.04. The molecule has 0 spiro atoms. The fourth-order valence-corrected chi connectivity index (χ4v) is 1.32. The minimum absolute atomic E-state index is 0.238. The molecule has 0 aliphatic rings. The van der Waals surface area contributed by atoms with E-state index in [0.29, 0.717) is 5.88 Å². The molecule has 6 heteroatoms. The molecule has 0 fully saturated rings. The minimum atomic E-state index is -1.23. The monoisotopic (exact) mass is 220 g/mol. The van der Waals surface area contributed by atoms with Crippen molar-refractivity contribution in [2.24, 2.45) is 0 Å². The van der Waals surface area contributed by atoms with Crippen LogP contribution in [0.3, 0.4) is 0 Å². The summed E-state index contributed by atoms with van der Waals surface area (Å²) in [6.45, 7) is 0. The third-order valence-corrected chi connectivity index (χ3v) is 2.12. The Hall–Kier alpha value is -2.37. The van der Waals surface area contributed by atoms with Gasteiger partial charge in [-0.2, -0.15) is 4.98 Å². The van der Waals surface area contributed by atoms with Gasteiger partial charge in [0.05, 0.1) is 12.5 Å². The predicted octanol–water partition coefficient (Wildman–Crippen LogP) is 1.04. The van der Waals surface area contributed by atoms with Crippen LogP contribution in [0.4, 0.5) is 0 Å². The average molecular weight is 220 g/mol. The van der Waals surface area contributed by atoms with Gasteiger partial charge in [0.2, 0.25) is 5.88 Å². The van der Waals surface area contributed by atoms with Crippen LogP contribution in [-0.2, 0) is 0 Å². The van der Waals surface area contributed by atoms with Gasteiger partial charge in [-0.1, -0.05) is 0 Å². The Labute approximate surface area is 90.1 Å². The first kappa shape index (κ1) is 10.2. The number of carboxylic acids is 1. The van der Waals surface area contributed by atoms with Crippen molar-refractivity contribution in [1.29, 1.82) is 0 Å². The molecule has 0 radical (unpaired) electrons. The number of aromatic carboxylic acids is 1. The van der Waals surface area contributed by atoms with E-state index in [1.54, 1.807) is 0 Å². The highest BCUT2D eigenvalue weighted by Crippen LogP contribution is 2.27. The highest BCUT2D eigenvalue weighted by molar-refractivity contribution is 5.97. The molecule has 6 nitrogen and oxygen atoms in total. The lowest BCUT2D eigenvalue weighted by Crippen LogP contribution is -1.99. The fraction of sp³-hybridized carbons (Fsp3) is 0.100. The van der Waals surface area contributed by atoms with E-state index in [4.69, 9.17) is 9.84 Å². The summed E-state index contributed by atoms with van der Waals surface area (Å²) in [7, 11) is 1.46. The van der Waals surface area contributed by atoms with E-state index in [9.17, 15) is 9.90 Å². The summed E-state index contributed by atoms with van der Waals surface area (Å²) in [5.41, 5.74) is -0.0127. The molecule has 0 saturated carbocycles. The molecule has 0 amide bonds. The second-order valence-electron chi connectivity index (χ2n) is 3.05. The number of ether oxygens (including phenoxy) is 1. The molecule has 82 valence electrons. The zero-order chi connectivity index (χ0) is 11.7. The van der Waals surface area contributed by atoms with Crippen molar-refractivity contribution in [3.8, 4) is 11.6 Å². The normalized spacial score (nSPS) is 10.3. The Morgan fingerprint density at radius 2 is 2.19 bits per heavy atom. The van der Waals surface area contributed by atoms with Gasteiger partial charge in [0, 0.05) is 12.3 Å². The molecule has 16 heavy (non-hydrogen) atoms. The molecule has 2 N–H and O–H groups in total. The Morgan fingerprint density at radius 3 is 2.81 bits per heavy atom. The number of aromatic nitrogens is 2. The summed E-state index contributed by atoms with van der Waals surface area (Å²) in [4.78, 5) is 18.6. The van der Waals surface area contributed by atoms with E-state index >= 15 is 0 Å². The Kier molecular flexibility index (Phi) is 2.32. The van der Waals surface area contributed by atoms with Crippen molar-refractivity contribution in [3.05, 3.63) is 23.9 Å². The Morgan fingerprint density at radius 1 is 1.44 bits per heavy atom. The minimum Gasteiger partial charge on any atom is -0.506 e. The molecular formula is C10H8N2O4. The van der Waals surface area contributed by atoms with Crippen LogP contribution in [-0.4, -0.2) is 33.3 Å². The van der Waals surface area contributed by atoms with Crippen molar-refractivity contribution in [3.63, 3.8) is 0 Å². The predicted molar refractivity (Wildman–Crippen MR) is 54.7 cm³/mol. The van der Waals surface area contributed by atoms with Crippen LogP contribution < -0.4 is 4.74 Å². The number of carboxylic acid groups (broad SMARTS) is 1. The van der Waals surface area contributed by atoms with Gasteiger partial charge in [-0.25, -0.2) is 9.78 Å². The SMILES string of the molecule is COc1ccc2c(O)c(C(=O)O)cnc2n1. The Bertz CT molecular complexity index is 568. The molecule has 0 unspecified atom stereocenters. The van der Waals surface area contributed by atoms with E-state index in [0.717, 1.165) is 6.20 Å². The first-order valence-corrected chi connectivity index (χ1v) is 4.39. The maximum Gasteiger partial charge on any atom is 0.341 e. The summed E-state index contributed by atoms with van der Waals surface area (Å²) in [6, 6.07) is 3.03. The van der Waals surface area contributed by atoms with Crippen molar-refractivity contribution < 1.29 is 19.7 Å². The molecule has 0 aromatic carbocycles. The highest BCUT2D eigenvalue weighted by Gasteiger charge is 2.14. The summed E-state index contributed by atoms with van der Waals surface area (Å²) in [6.07, 6.45) is 1.06. The molecule has 2 heterocycles. The molecular weight excluding hydrogens is 212 g/mol. The number of rotatable bonds is 2. The lowest BCUT2D eigenvalue weighted by molar-refractivity contribution is 0.0693. The van der Waals surface area contributed by atoms with Gasteiger partial charge < -0.3 is 14.9 Å². The second-order valence-corrected chi connectivity index (χ2v) is 3.05. The highest BCUT2D eigenvalue weighted by atomic mass is 16.5. The van der Waals surface area contributed by atoms with E-state index in [-0.39, 0.29) is 22.3 Å². The van der Waals surface area contributed by atoms with Crippen LogP contribution in [0, 0.1) is 0 Å². The molecule has 0 bridgehead atoms. The van der Waals surface area contributed by atoms with Gasteiger partial charge in [0.25, 0.3) is 0 Å². The number of nitrogens with zero attached hydrogens (tertiary/aromatic N) is 2. The van der Waals surface area contributed by atoms with Crippen LogP contribution in [0.5, 0.6) is 11.6 Å². The van der Waals surface area contributed by atoms with Gasteiger partial charge in [0.15, 0.2) is 5.65 Å². The van der Waals surface area contributed by atoms with Crippen LogP contribution in [0.15, 0.2) is 18.3 Å². The fourth-order valence-electron chi connectivity index (χ4n) is 1.32. The lowest BCUT2D eigenvalue weighted by atomic mass is 10.2. The number of methoxy groups -OCH3 is 1. The van der Waals surface area contributed by atoms with Crippen LogP contribution in [0.25, 0.3) is 11.0 Å². The zero-order valence-corrected chi connectivity index (χ0v) is 8.34.